The van der Waals surface area contributed by atoms with Crippen LogP contribution in [0.5, 0.6) is 0 Å². The van der Waals surface area contributed by atoms with Crippen molar-refractivity contribution >= 4 is 11.6 Å². The fraction of sp³-hybridized carbons (Fsp3) is 0.750. The van der Waals surface area contributed by atoms with Gasteiger partial charge >= 0.3 is 0 Å². The molecule has 3 rings (SSSR count). The highest BCUT2D eigenvalue weighted by molar-refractivity contribution is 6.27. The van der Waals surface area contributed by atoms with E-state index in [4.69, 9.17) is 16.3 Å². The number of alkyl halides is 1. The van der Waals surface area contributed by atoms with E-state index in [1.807, 2.05) is 0 Å². The third-order valence-corrected chi connectivity index (χ3v) is 4.83. The van der Waals surface area contributed by atoms with E-state index in [2.05, 4.69) is 26.0 Å². The second kappa shape index (κ2) is 2.99. The van der Waals surface area contributed by atoms with Gasteiger partial charge < -0.3 is 4.74 Å². The Morgan fingerprint density at radius 2 is 2.20 bits per heavy atom. The van der Waals surface area contributed by atoms with Gasteiger partial charge in [0, 0.05) is 7.11 Å². The molecule has 0 aromatic carbocycles. The molecule has 2 nitrogen and oxygen atoms in total. The molecule has 3 unspecified atom stereocenters. The summed E-state index contributed by atoms with van der Waals surface area (Å²) < 4.78 is 5.56. The molecule has 15 heavy (non-hydrogen) atoms. The zero-order valence-electron chi connectivity index (χ0n) is 9.43. The zero-order valence-corrected chi connectivity index (χ0v) is 10.2. The molecule has 0 aromatic heterocycles. The summed E-state index contributed by atoms with van der Waals surface area (Å²) in [6, 6.07) is 2.25. The average molecular weight is 226 g/mol. The Balaban J connectivity index is 2.57. The Morgan fingerprint density at radius 3 is 2.67 bits per heavy atom. The van der Waals surface area contributed by atoms with E-state index in [1.54, 1.807) is 7.11 Å². The Morgan fingerprint density at radius 1 is 1.53 bits per heavy atom. The third-order valence-electron chi connectivity index (χ3n) is 4.30. The van der Waals surface area contributed by atoms with Gasteiger partial charge in [-0.1, -0.05) is 30.2 Å². The molecule has 0 amide bonds. The average Bonchev–Trinajstić information content (AvgIpc) is 2.21. The van der Waals surface area contributed by atoms with Crippen molar-refractivity contribution in [3.8, 4) is 6.07 Å². The van der Waals surface area contributed by atoms with Gasteiger partial charge in [0.1, 0.15) is 5.60 Å². The van der Waals surface area contributed by atoms with E-state index >= 15 is 0 Å². The minimum Gasteiger partial charge on any atom is -0.371 e. The zero-order chi connectivity index (χ0) is 11.3. The van der Waals surface area contributed by atoms with Gasteiger partial charge in [-0.3, -0.25) is 0 Å². The summed E-state index contributed by atoms with van der Waals surface area (Å²) in [6.45, 7) is 4.30. The number of hydrogen-bond donors (Lipinski definition) is 0. The number of methoxy groups -OCH3 is 1. The van der Waals surface area contributed by atoms with E-state index < -0.39 is 10.5 Å². The largest absolute Gasteiger partial charge is 0.371 e. The lowest BCUT2D eigenvalue weighted by molar-refractivity contribution is -0.0518. The molecule has 0 aliphatic heterocycles. The molecule has 0 radical (unpaired) electrons. The smallest absolute Gasteiger partial charge is 0.164 e. The molecule has 82 valence electrons. The number of nitriles is 1. The molecule has 3 aliphatic carbocycles. The normalized spacial score (nSPS) is 48.6. The van der Waals surface area contributed by atoms with Crippen molar-refractivity contribution in [2.24, 2.45) is 5.41 Å². The van der Waals surface area contributed by atoms with Crippen LogP contribution in [0.3, 0.4) is 0 Å². The highest BCUT2D eigenvalue weighted by Crippen LogP contribution is 2.59. The molecule has 0 spiro atoms. The number of nitrogens with zero attached hydrogens (tertiary/aromatic N) is 1. The summed E-state index contributed by atoms with van der Waals surface area (Å²) in [5.41, 5.74) is 0.810. The van der Waals surface area contributed by atoms with Gasteiger partial charge in [-0.25, -0.2) is 0 Å². The number of halogens is 1. The molecular weight excluding hydrogens is 210 g/mol. The van der Waals surface area contributed by atoms with E-state index in [1.165, 1.54) is 5.57 Å². The Kier molecular flexibility index (Phi) is 2.19. The number of ether oxygens (including phenoxy) is 1. The summed E-state index contributed by atoms with van der Waals surface area (Å²) >= 11 is 6.44. The number of hydrogen-bond acceptors (Lipinski definition) is 2. The van der Waals surface area contributed by atoms with Crippen LogP contribution in [0.25, 0.3) is 0 Å². The van der Waals surface area contributed by atoms with Gasteiger partial charge in [-0.05, 0) is 31.6 Å². The maximum atomic E-state index is 9.28. The summed E-state index contributed by atoms with van der Waals surface area (Å²) in [5.74, 6) is 0. The highest BCUT2D eigenvalue weighted by atomic mass is 35.5. The van der Waals surface area contributed by atoms with Crippen LogP contribution in [-0.2, 0) is 4.74 Å². The van der Waals surface area contributed by atoms with Gasteiger partial charge in [-0.2, -0.15) is 5.26 Å². The number of rotatable bonds is 1. The Labute approximate surface area is 95.9 Å². The predicted octanol–water partition coefficient (Wildman–Crippen LogP) is 3.02. The molecule has 2 bridgehead atoms. The van der Waals surface area contributed by atoms with Crippen LogP contribution in [0.2, 0.25) is 0 Å². The fourth-order valence-corrected chi connectivity index (χ4v) is 3.46. The quantitative estimate of drug-likeness (QED) is 0.508. The summed E-state index contributed by atoms with van der Waals surface area (Å²) in [7, 11) is 1.65. The van der Waals surface area contributed by atoms with E-state index in [9.17, 15) is 5.26 Å². The highest BCUT2D eigenvalue weighted by Gasteiger charge is 2.61. The summed E-state index contributed by atoms with van der Waals surface area (Å²) in [6.07, 6.45) is 4.65. The van der Waals surface area contributed by atoms with Gasteiger partial charge in [0.05, 0.1) is 6.07 Å². The van der Waals surface area contributed by atoms with Crippen LogP contribution >= 0.6 is 11.6 Å². The third kappa shape index (κ3) is 1.20. The fourth-order valence-electron chi connectivity index (χ4n) is 2.94. The van der Waals surface area contributed by atoms with E-state index in [0.29, 0.717) is 6.42 Å². The van der Waals surface area contributed by atoms with Crippen molar-refractivity contribution < 1.29 is 4.74 Å². The second-order valence-electron chi connectivity index (χ2n) is 5.07. The molecule has 0 heterocycles. The van der Waals surface area contributed by atoms with Crippen LogP contribution in [0, 0.1) is 16.7 Å². The standard InChI is InChI=1S/C12H16ClNO/c1-9-6-12(15-3)5-4-10(9,2)7-11(12,13)8-14/h6H,4-5,7H2,1-3H3. The minimum absolute atomic E-state index is 0.0811. The molecule has 3 aliphatic rings. The van der Waals surface area contributed by atoms with E-state index in [-0.39, 0.29) is 5.41 Å². The minimum atomic E-state index is -0.895. The lowest BCUT2D eigenvalue weighted by Crippen LogP contribution is -2.59. The first-order chi connectivity index (χ1) is 6.91. The summed E-state index contributed by atoms with van der Waals surface area (Å²) in [4.78, 5) is -0.895. The van der Waals surface area contributed by atoms with Crippen LogP contribution in [0.15, 0.2) is 11.6 Å². The van der Waals surface area contributed by atoms with E-state index in [0.717, 1.165) is 12.8 Å². The molecule has 0 N–H and O–H groups in total. The van der Waals surface area contributed by atoms with Crippen molar-refractivity contribution in [1.29, 1.82) is 5.26 Å². The van der Waals surface area contributed by atoms with Gasteiger partial charge in [-0.15, -0.1) is 0 Å². The topological polar surface area (TPSA) is 33.0 Å². The van der Waals surface area contributed by atoms with Gasteiger partial charge in [0.25, 0.3) is 0 Å². The lowest BCUT2D eigenvalue weighted by atomic mass is 9.55. The molecule has 3 heteroatoms. The SMILES string of the molecule is COC12C=C(C)C(C)(CC1)CC2(Cl)C#N. The maximum Gasteiger partial charge on any atom is 0.164 e. The first kappa shape index (κ1) is 11.0. The maximum absolute atomic E-state index is 9.28. The van der Waals surface area contributed by atoms with Crippen molar-refractivity contribution in [3.05, 3.63) is 11.6 Å². The predicted molar refractivity (Wildman–Crippen MR) is 59.7 cm³/mol. The van der Waals surface area contributed by atoms with Crippen LogP contribution in [0.1, 0.15) is 33.1 Å². The molecule has 1 saturated carbocycles. The molecule has 0 aromatic rings. The van der Waals surface area contributed by atoms with Crippen LogP contribution in [0.4, 0.5) is 0 Å². The molecule has 3 atom stereocenters. The Bertz CT molecular complexity index is 372. The van der Waals surface area contributed by atoms with Crippen molar-refractivity contribution in [2.45, 2.75) is 43.6 Å². The van der Waals surface area contributed by atoms with Crippen LogP contribution < -0.4 is 0 Å². The molecular formula is C12H16ClNO. The van der Waals surface area contributed by atoms with Crippen molar-refractivity contribution in [2.75, 3.05) is 7.11 Å². The number of fused-ring (bicyclic) bond motifs is 2. The number of allylic oxidation sites excluding steroid dienone is 1. The lowest BCUT2D eigenvalue weighted by Gasteiger charge is -2.55. The monoisotopic (exact) mass is 225 g/mol. The molecule has 1 fully saturated rings. The van der Waals surface area contributed by atoms with Crippen molar-refractivity contribution in [3.63, 3.8) is 0 Å². The second-order valence-corrected chi connectivity index (χ2v) is 5.72. The summed E-state index contributed by atoms with van der Waals surface area (Å²) in [5, 5.41) is 9.28. The molecule has 0 saturated heterocycles. The first-order valence-electron chi connectivity index (χ1n) is 5.27. The van der Waals surface area contributed by atoms with Crippen molar-refractivity contribution in [1.82, 2.24) is 0 Å². The Hall–Kier alpha value is -0.520. The van der Waals surface area contributed by atoms with Crippen LogP contribution in [-0.4, -0.2) is 17.6 Å². The first-order valence-corrected chi connectivity index (χ1v) is 5.64. The van der Waals surface area contributed by atoms with Gasteiger partial charge in [0.2, 0.25) is 0 Å². The van der Waals surface area contributed by atoms with Gasteiger partial charge in [0.15, 0.2) is 4.87 Å².